The van der Waals surface area contributed by atoms with E-state index in [9.17, 15) is 13.2 Å². The number of carbonyl (C=O) groups is 1. The third-order valence-corrected chi connectivity index (χ3v) is 5.46. The molecule has 3 rings (SSSR count). The Bertz CT molecular complexity index is 696. The maximum atomic E-state index is 12.5. The Kier molecular flexibility index (Phi) is 4.70. The first kappa shape index (κ1) is 16.4. The van der Waals surface area contributed by atoms with Crippen molar-refractivity contribution in [2.45, 2.75) is 49.6 Å². The second kappa shape index (κ2) is 6.59. The second-order valence-electron chi connectivity index (χ2n) is 6.23. The molecule has 1 aromatic carbocycles. The Labute approximate surface area is 136 Å². The first-order valence-corrected chi connectivity index (χ1v) is 9.52. The van der Waals surface area contributed by atoms with Crippen molar-refractivity contribution in [3.05, 3.63) is 29.3 Å². The summed E-state index contributed by atoms with van der Waals surface area (Å²) in [6, 6.07) is 4.91. The Morgan fingerprint density at radius 3 is 2.83 bits per heavy atom. The fourth-order valence-electron chi connectivity index (χ4n) is 3.22. The number of carbonyl (C=O) groups excluding carboxylic acids is 1. The van der Waals surface area contributed by atoms with Crippen LogP contribution in [0.25, 0.3) is 0 Å². The van der Waals surface area contributed by atoms with Crippen molar-refractivity contribution in [3.8, 4) is 0 Å². The molecule has 2 aliphatic rings. The van der Waals surface area contributed by atoms with E-state index in [0.717, 1.165) is 43.4 Å². The quantitative estimate of drug-likeness (QED) is 0.896. The highest BCUT2D eigenvalue weighted by Crippen LogP contribution is 2.24. The molecule has 1 aromatic rings. The van der Waals surface area contributed by atoms with Gasteiger partial charge in [0.05, 0.1) is 17.4 Å². The number of benzene rings is 1. The molecular formula is C16H22N2O4S. The van der Waals surface area contributed by atoms with Crippen molar-refractivity contribution in [2.75, 3.05) is 13.2 Å². The van der Waals surface area contributed by atoms with Crippen molar-refractivity contribution in [2.24, 2.45) is 5.14 Å². The van der Waals surface area contributed by atoms with Gasteiger partial charge in [-0.05, 0) is 48.9 Å². The molecule has 0 spiro atoms. The molecule has 6 nitrogen and oxygen atoms in total. The predicted molar refractivity (Wildman–Crippen MR) is 85.1 cm³/mol. The van der Waals surface area contributed by atoms with Crippen molar-refractivity contribution in [1.29, 1.82) is 0 Å². The number of primary sulfonamides is 1. The molecule has 1 atom stereocenters. The molecule has 23 heavy (non-hydrogen) atoms. The van der Waals surface area contributed by atoms with Crippen LogP contribution in [0.1, 0.15) is 36.8 Å². The minimum atomic E-state index is -3.72. The topological polar surface area (TPSA) is 89.7 Å². The van der Waals surface area contributed by atoms with Gasteiger partial charge in [0.2, 0.25) is 15.9 Å². The molecule has 2 aliphatic heterocycles. The molecule has 0 aliphatic carbocycles. The van der Waals surface area contributed by atoms with E-state index in [1.807, 2.05) is 0 Å². The molecular weight excluding hydrogens is 316 g/mol. The zero-order valence-corrected chi connectivity index (χ0v) is 13.8. The lowest BCUT2D eigenvalue weighted by Crippen LogP contribution is -2.38. The molecule has 126 valence electrons. The number of hydrogen-bond donors (Lipinski definition) is 1. The van der Waals surface area contributed by atoms with Gasteiger partial charge in [-0.3, -0.25) is 4.79 Å². The van der Waals surface area contributed by atoms with Crippen LogP contribution < -0.4 is 5.14 Å². The fourth-order valence-corrected chi connectivity index (χ4v) is 3.78. The number of fused-ring (bicyclic) bond motifs is 1. The summed E-state index contributed by atoms with van der Waals surface area (Å²) in [6.45, 7) is 1.83. The lowest BCUT2D eigenvalue weighted by molar-refractivity contribution is -0.136. The third kappa shape index (κ3) is 3.91. The summed E-state index contributed by atoms with van der Waals surface area (Å²) in [6.07, 6.45) is 4.28. The average Bonchev–Trinajstić information content (AvgIpc) is 2.54. The van der Waals surface area contributed by atoms with Gasteiger partial charge in [-0.1, -0.05) is 6.07 Å². The van der Waals surface area contributed by atoms with Crippen LogP contribution in [0.15, 0.2) is 23.1 Å². The molecule has 0 saturated carbocycles. The first-order valence-electron chi connectivity index (χ1n) is 7.97. The standard InChI is InChI=1S/C16H22N2O4S/c17-23(20,21)15-5-4-12-6-7-18(11-13(12)9-15)16(19)10-14-3-1-2-8-22-14/h4-5,9,14H,1-3,6-8,10-11H2,(H2,17,20,21). The first-order chi connectivity index (χ1) is 10.9. The highest BCUT2D eigenvalue weighted by Gasteiger charge is 2.25. The number of hydrogen-bond acceptors (Lipinski definition) is 4. The lowest BCUT2D eigenvalue weighted by Gasteiger charge is -2.31. The van der Waals surface area contributed by atoms with Crippen LogP contribution in [-0.2, 0) is 32.5 Å². The van der Waals surface area contributed by atoms with Crippen LogP contribution in [0.4, 0.5) is 0 Å². The summed E-state index contributed by atoms with van der Waals surface area (Å²) in [4.78, 5) is 14.3. The van der Waals surface area contributed by atoms with Crippen molar-refractivity contribution < 1.29 is 17.9 Å². The summed E-state index contributed by atoms with van der Waals surface area (Å²) in [5.41, 5.74) is 1.94. The van der Waals surface area contributed by atoms with Gasteiger partial charge in [0.1, 0.15) is 0 Å². The maximum absolute atomic E-state index is 12.5. The Hall–Kier alpha value is -1.44. The van der Waals surface area contributed by atoms with Gasteiger partial charge in [-0.2, -0.15) is 0 Å². The fraction of sp³-hybridized carbons (Fsp3) is 0.562. The molecule has 1 amide bonds. The molecule has 0 radical (unpaired) electrons. The molecule has 0 aromatic heterocycles. The second-order valence-corrected chi connectivity index (χ2v) is 7.79. The number of nitrogens with zero attached hydrogens (tertiary/aromatic N) is 1. The molecule has 1 saturated heterocycles. The van der Waals surface area contributed by atoms with Crippen LogP contribution in [0.2, 0.25) is 0 Å². The van der Waals surface area contributed by atoms with Crippen LogP contribution >= 0.6 is 0 Å². The Morgan fingerprint density at radius 1 is 1.30 bits per heavy atom. The predicted octanol–water partition coefficient (Wildman–Crippen LogP) is 1.18. The lowest BCUT2D eigenvalue weighted by atomic mass is 9.99. The highest BCUT2D eigenvalue weighted by atomic mass is 32.2. The smallest absolute Gasteiger partial charge is 0.238 e. The van der Waals surface area contributed by atoms with E-state index >= 15 is 0 Å². The van der Waals surface area contributed by atoms with Crippen molar-refractivity contribution in [3.63, 3.8) is 0 Å². The van der Waals surface area contributed by atoms with Crippen molar-refractivity contribution in [1.82, 2.24) is 4.90 Å². The van der Waals surface area contributed by atoms with E-state index in [1.54, 1.807) is 17.0 Å². The zero-order valence-electron chi connectivity index (χ0n) is 13.0. The van der Waals surface area contributed by atoms with Gasteiger partial charge < -0.3 is 9.64 Å². The minimum absolute atomic E-state index is 0.0217. The summed E-state index contributed by atoms with van der Waals surface area (Å²) in [5, 5.41) is 5.18. The maximum Gasteiger partial charge on any atom is 0.238 e. The van der Waals surface area contributed by atoms with Gasteiger partial charge in [0.15, 0.2) is 0 Å². The number of ether oxygens (including phenoxy) is 1. The number of amides is 1. The Morgan fingerprint density at radius 2 is 2.13 bits per heavy atom. The Balaban J connectivity index is 1.70. The summed E-state index contributed by atoms with van der Waals surface area (Å²) in [7, 11) is -3.72. The normalized spacial score (nSPS) is 21.8. The van der Waals surface area contributed by atoms with E-state index in [4.69, 9.17) is 9.88 Å². The molecule has 7 heteroatoms. The van der Waals surface area contributed by atoms with E-state index in [1.165, 1.54) is 6.07 Å². The molecule has 1 unspecified atom stereocenters. The molecule has 1 fully saturated rings. The number of nitrogens with two attached hydrogens (primary N) is 1. The van der Waals surface area contributed by atoms with E-state index in [-0.39, 0.29) is 16.9 Å². The number of sulfonamides is 1. The molecule has 0 bridgehead atoms. The summed E-state index contributed by atoms with van der Waals surface area (Å²) in [5.74, 6) is 0.0727. The molecule has 2 heterocycles. The van der Waals surface area contributed by atoms with Crippen LogP contribution in [0.3, 0.4) is 0 Å². The SMILES string of the molecule is NS(=O)(=O)c1ccc2c(c1)CN(C(=O)CC1CCCCO1)CC2. The summed E-state index contributed by atoms with van der Waals surface area (Å²) < 4.78 is 28.6. The monoisotopic (exact) mass is 338 g/mol. The summed E-state index contributed by atoms with van der Waals surface area (Å²) >= 11 is 0. The van der Waals surface area contributed by atoms with E-state index in [0.29, 0.717) is 19.5 Å². The van der Waals surface area contributed by atoms with Crippen LogP contribution in [-0.4, -0.2) is 38.5 Å². The van der Waals surface area contributed by atoms with Crippen molar-refractivity contribution >= 4 is 15.9 Å². The van der Waals surface area contributed by atoms with Gasteiger partial charge in [0.25, 0.3) is 0 Å². The van der Waals surface area contributed by atoms with Gasteiger partial charge in [-0.25, -0.2) is 13.6 Å². The third-order valence-electron chi connectivity index (χ3n) is 4.55. The van der Waals surface area contributed by atoms with E-state index in [2.05, 4.69) is 0 Å². The van der Waals surface area contributed by atoms with E-state index < -0.39 is 10.0 Å². The number of rotatable bonds is 3. The average molecular weight is 338 g/mol. The van der Waals surface area contributed by atoms with Gasteiger partial charge >= 0.3 is 0 Å². The van der Waals surface area contributed by atoms with Gasteiger partial charge in [0, 0.05) is 19.7 Å². The van der Waals surface area contributed by atoms with Gasteiger partial charge in [-0.15, -0.1) is 0 Å². The highest BCUT2D eigenvalue weighted by molar-refractivity contribution is 7.89. The van der Waals surface area contributed by atoms with Crippen LogP contribution in [0.5, 0.6) is 0 Å². The molecule has 2 N–H and O–H groups in total. The largest absolute Gasteiger partial charge is 0.378 e. The minimum Gasteiger partial charge on any atom is -0.378 e. The van der Waals surface area contributed by atoms with Crippen LogP contribution in [0, 0.1) is 0 Å². The zero-order chi connectivity index (χ0) is 16.4.